The van der Waals surface area contributed by atoms with Gasteiger partial charge in [-0.25, -0.2) is 0 Å². The van der Waals surface area contributed by atoms with Gasteiger partial charge in [0, 0.05) is 23.7 Å². The smallest absolute Gasteiger partial charge is 0.406 e. The standard InChI is InChI=1S/C22H19F3N2O4/c1-2-19(30)27-11-14-10-17(13-5-7-15(8-6-13)31-22(23,24)25)16-4-3-9-26-21(16)20(14)18(29)12-28/h2-10,18,28-29H,1,11-12H2,(H,27,30)/t18-/m0/s1. The number of rotatable bonds is 7. The molecule has 0 radical (unpaired) electrons. The molecule has 0 spiro atoms. The predicted octanol–water partition coefficient (Wildman–Crippen LogP) is 3.63. The number of amides is 1. The summed E-state index contributed by atoms with van der Waals surface area (Å²) < 4.78 is 41.2. The molecule has 9 heteroatoms. The fourth-order valence-corrected chi connectivity index (χ4v) is 3.26. The zero-order valence-electron chi connectivity index (χ0n) is 16.2. The van der Waals surface area contributed by atoms with Crippen molar-refractivity contribution in [3.05, 3.63) is 72.4 Å². The lowest BCUT2D eigenvalue weighted by atomic mass is 9.91. The molecule has 0 saturated carbocycles. The van der Waals surface area contributed by atoms with E-state index in [2.05, 4.69) is 21.6 Å². The Balaban J connectivity index is 2.15. The summed E-state index contributed by atoms with van der Waals surface area (Å²) in [5.41, 5.74) is 2.45. The summed E-state index contributed by atoms with van der Waals surface area (Å²) in [4.78, 5) is 16.0. The number of nitrogens with zero attached hydrogens (tertiary/aromatic N) is 1. The first-order valence-corrected chi connectivity index (χ1v) is 9.19. The van der Waals surface area contributed by atoms with Gasteiger partial charge in [-0.15, -0.1) is 13.2 Å². The number of hydrogen-bond donors (Lipinski definition) is 3. The fourth-order valence-electron chi connectivity index (χ4n) is 3.26. The molecule has 6 nitrogen and oxygen atoms in total. The van der Waals surface area contributed by atoms with E-state index in [4.69, 9.17) is 0 Å². The minimum atomic E-state index is -4.79. The number of halogens is 3. The monoisotopic (exact) mass is 432 g/mol. The molecule has 0 aliphatic heterocycles. The predicted molar refractivity (Wildman–Crippen MR) is 108 cm³/mol. The van der Waals surface area contributed by atoms with Crippen molar-refractivity contribution in [1.29, 1.82) is 0 Å². The van der Waals surface area contributed by atoms with Crippen LogP contribution in [0, 0.1) is 0 Å². The number of benzene rings is 2. The maximum absolute atomic E-state index is 12.4. The average Bonchev–Trinajstić information content (AvgIpc) is 2.75. The highest BCUT2D eigenvalue weighted by atomic mass is 19.4. The molecule has 3 aromatic rings. The summed E-state index contributed by atoms with van der Waals surface area (Å²) >= 11 is 0. The van der Waals surface area contributed by atoms with Gasteiger partial charge in [0.2, 0.25) is 5.91 Å². The molecular formula is C22H19F3N2O4. The normalized spacial score (nSPS) is 12.4. The van der Waals surface area contributed by atoms with Crippen LogP contribution in [0.1, 0.15) is 17.2 Å². The molecule has 162 valence electrons. The lowest BCUT2D eigenvalue weighted by Crippen LogP contribution is -2.22. The van der Waals surface area contributed by atoms with E-state index < -0.39 is 25.0 Å². The van der Waals surface area contributed by atoms with E-state index in [1.807, 2.05) is 0 Å². The molecule has 1 heterocycles. The SMILES string of the molecule is C=CC(=O)NCc1cc(-c2ccc(OC(F)(F)F)cc2)c2cccnc2c1[C@@H](O)CO. The highest BCUT2D eigenvalue weighted by Crippen LogP contribution is 2.36. The Hall–Kier alpha value is -3.43. The van der Waals surface area contributed by atoms with E-state index in [-0.39, 0.29) is 12.3 Å². The van der Waals surface area contributed by atoms with Crippen molar-refractivity contribution >= 4 is 16.8 Å². The summed E-state index contributed by atoms with van der Waals surface area (Å²) in [6.45, 7) is 2.85. The Morgan fingerprint density at radius 2 is 1.97 bits per heavy atom. The molecule has 0 bridgehead atoms. The van der Waals surface area contributed by atoms with E-state index in [0.717, 1.165) is 6.08 Å². The van der Waals surface area contributed by atoms with Gasteiger partial charge in [-0.3, -0.25) is 9.78 Å². The van der Waals surface area contributed by atoms with Crippen LogP contribution in [0.5, 0.6) is 5.75 Å². The van der Waals surface area contributed by atoms with Crippen molar-refractivity contribution in [3.63, 3.8) is 0 Å². The van der Waals surface area contributed by atoms with E-state index in [1.54, 1.807) is 18.2 Å². The first kappa shape index (κ1) is 22.3. The maximum Gasteiger partial charge on any atom is 0.573 e. The van der Waals surface area contributed by atoms with Gasteiger partial charge in [0.25, 0.3) is 0 Å². The molecule has 0 aliphatic carbocycles. The van der Waals surface area contributed by atoms with Crippen molar-refractivity contribution in [2.75, 3.05) is 6.61 Å². The van der Waals surface area contributed by atoms with Crippen LogP contribution in [-0.2, 0) is 11.3 Å². The Morgan fingerprint density at radius 3 is 2.58 bits per heavy atom. The number of aromatic nitrogens is 1. The Kier molecular flexibility index (Phi) is 6.57. The second kappa shape index (κ2) is 9.15. The van der Waals surface area contributed by atoms with Crippen LogP contribution in [0.25, 0.3) is 22.0 Å². The number of nitrogens with one attached hydrogen (secondary N) is 1. The van der Waals surface area contributed by atoms with Gasteiger partial charge < -0.3 is 20.3 Å². The zero-order chi connectivity index (χ0) is 22.6. The highest BCUT2D eigenvalue weighted by Gasteiger charge is 2.31. The lowest BCUT2D eigenvalue weighted by Gasteiger charge is -2.19. The largest absolute Gasteiger partial charge is 0.573 e. The quantitative estimate of drug-likeness (QED) is 0.496. The number of aliphatic hydroxyl groups excluding tert-OH is 2. The molecule has 3 N–H and O–H groups in total. The number of fused-ring (bicyclic) bond motifs is 1. The first-order valence-electron chi connectivity index (χ1n) is 9.19. The van der Waals surface area contributed by atoms with Crippen molar-refractivity contribution < 1.29 is 32.9 Å². The van der Waals surface area contributed by atoms with Crippen LogP contribution >= 0.6 is 0 Å². The molecule has 1 aromatic heterocycles. The molecule has 3 rings (SSSR count). The summed E-state index contributed by atoms with van der Waals surface area (Å²) in [5, 5.41) is 23.2. The molecule has 0 saturated heterocycles. The maximum atomic E-state index is 12.4. The third-order valence-corrected chi connectivity index (χ3v) is 4.56. The Bertz CT molecular complexity index is 1100. The molecule has 2 aromatic carbocycles. The minimum Gasteiger partial charge on any atom is -0.406 e. The van der Waals surface area contributed by atoms with Crippen LogP contribution in [0.2, 0.25) is 0 Å². The van der Waals surface area contributed by atoms with Crippen LogP contribution < -0.4 is 10.1 Å². The molecule has 0 fully saturated rings. The average molecular weight is 432 g/mol. The summed E-state index contributed by atoms with van der Waals surface area (Å²) in [6.07, 6.45) is -3.42. The second-order valence-electron chi connectivity index (χ2n) is 6.59. The number of ether oxygens (including phenoxy) is 1. The molecule has 1 amide bonds. The number of aliphatic hydroxyl groups is 2. The third-order valence-electron chi connectivity index (χ3n) is 4.56. The lowest BCUT2D eigenvalue weighted by molar-refractivity contribution is -0.274. The van der Waals surface area contributed by atoms with E-state index in [9.17, 15) is 28.2 Å². The van der Waals surface area contributed by atoms with Gasteiger partial charge in [-0.05, 0) is 47.0 Å². The number of carbonyl (C=O) groups is 1. The topological polar surface area (TPSA) is 91.7 Å². The van der Waals surface area contributed by atoms with Gasteiger partial charge >= 0.3 is 6.36 Å². The van der Waals surface area contributed by atoms with Gasteiger partial charge in [-0.2, -0.15) is 0 Å². The molecular weight excluding hydrogens is 413 g/mol. The van der Waals surface area contributed by atoms with Crippen molar-refractivity contribution in [2.24, 2.45) is 0 Å². The van der Waals surface area contributed by atoms with Crippen LogP contribution in [0.15, 0.2) is 61.3 Å². The van der Waals surface area contributed by atoms with Crippen molar-refractivity contribution in [3.8, 4) is 16.9 Å². The zero-order valence-corrected chi connectivity index (χ0v) is 16.2. The molecule has 0 aliphatic rings. The fraction of sp³-hybridized carbons (Fsp3) is 0.182. The van der Waals surface area contributed by atoms with Crippen molar-refractivity contribution in [1.82, 2.24) is 10.3 Å². The number of carbonyl (C=O) groups excluding carboxylic acids is 1. The van der Waals surface area contributed by atoms with Gasteiger partial charge in [-0.1, -0.05) is 24.8 Å². The summed E-state index contributed by atoms with van der Waals surface area (Å²) in [5.74, 6) is -0.787. The first-order chi connectivity index (χ1) is 14.7. The van der Waals surface area contributed by atoms with E-state index in [1.165, 1.54) is 30.5 Å². The number of hydrogen-bond acceptors (Lipinski definition) is 5. The minimum absolute atomic E-state index is 0.0199. The molecule has 0 unspecified atom stereocenters. The van der Waals surface area contributed by atoms with Crippen LogP contribution in [0.4, 0.5) is 13.2 Å². The van der Waals surface area contributed by atoms with Crippen molar-refractivity contribution in [2.45, 2.75) is 19.0 Å². The second-order valence-corrected chi connectivity index (χ2v) is 6.59. The number of pyridine rings is 1. The van der Waals surface area contributed by atoms with Gasteiger partial charge in [0.1, 0.15) is 11.9 Å². The van der Waals surface area contributed by atoms with E-state index >= 15 is 0 Å². The molecule has 31 heavy (non-hydrogen) atoms. The third kappa shape index (κ3) is 5.19. The molecule has 1 atom stereocenters. The summed E-state index contributed by atoms with van der Waals surface area (Å²) in [6, 6.07) is 10.5. The summed E-state index contributed by atoms with van der Waals surface area (Å²) in [7, 11) is 0. The highest BCUT2D eigenvalue weighted by molar-refractivity contribution is 5.97. The van der Waals surface area contributed by atoms with Gasteiger partial charge in [0.15, 0.2) is 0 Å². The number of alkyl halides is 3. The van der Waals surface area contributed by atoms with Crippen LogP contribution in [-0.4, -0.2) is 34.1 Å². The van der Waals surface area contributed by atoms with Gasteiger partial charge in [0.05, 0.1) is 12.1 Å². The van der Waals surface area contributed by atoms with Crippen LogP contribution in [0.3, 0.4) is 0 Å². The van der Waals surface area contributed by atoms with E-state index in [0.29, 0.717) is 33.2 Å². The Labute approximate surface area is 175 Å². The Morgan fingerprint density at radius 1 is 1.26 bits per heavy atom.